The van der Waals surface area contributed by atoms with Gasteiger partial charge in [0.2, 0.25) is 5.75 Å². The van der Waals surface area contributed by atoms with Crippen molar-refractivity contribution in [2.75, 3.05) is 13.2 Å². The highest BCUT2D eigenvalue weighted by molar-refractivity contribution is 5.77. The number of fused-ring (bicyclic) bond motifs is 1. The molecule has 2 rings (SSSR count). The molecule has 5 heteroatoms. The Morgan fingerprint density at radius 2 is 2.05 bits per heavy atom. The zero-order chi connectivity index (χ0) is 13.7. The summed E-state index contributed by atoms with van der Waals surface area (Å²) < 4.78 is 15.2. The molecule has 0 N–H and O–H groups in total. The first-order valence-electron chi connectivity index (χ1n) is 5.96. The van der Waals surface area contributed by atoms with Crippen molar-refractivity contribution >= 4 is 16.9 Å². The summed E-state index contributed by atoms with van der Waals surface area (Å²) in [5.74, 6) is -0.160. The molecule has 1 heterocycles. The molecule has 0 radical (unpaired) electrons. The normalized spacial score (nSPS) is 10.4. The molecule has 0 bridgehead atoms. The van der Waals surface area contributed by atoms with Gasteiger partial charge < -0.3 is 13.9 Å². The van der Waals surface area contributed by atoms with E-state index >= 15 is 0 Å². The molecule has 1 aromatic carbocycles. The van der Waals surface area contributed by atoms with E-state index in [0.717, 1.165) is 5.39 Å². The lowest BCUT2D eigenvalue weighted by molar-refractivity contribution is -0.141. The van der Waals surface area contributed by atoms with Crippen LogP contribution in [0.2, 0.25) is 0 Å². The van der Waals surface area contributed by atoms with Crippen LogP contribution in [0.5, 0.6) is 5.75 Å². The molecule has 5 nitrogen and oxygen atoms in total. The summed E-state index contributed by atoms with van der Waals surface area (Å²) in [6.07, 6.45) is 0.520. The lowest BCUT2D eigenvalue weighted by Gasteiger charge is -2.05. The van der Waals surface area contributed by atoms with Crippen LogP contribution >= 0.6 is 0 Å². The predicted octanol–water partition coefficient (Wildman–Crippen LogP) is 2.12. The summed E-state index contributed by atoms with van der Waals surface area (Å²) in [5, 5.41) is 0.803. The van der Waals surface area contributed by atoms with Gasteiger partial charge in [-0.25, -0.2) is 4.79 Å². The van der Waals surface area contributed by atoms with Gasteiger partial charge in [-0.05, 0) is 12.1 Å². The van der Waals surface area contributed by atoms with E-state index in [-0.39, 0.29) is 24.9 Å². The number of para-hydroxylation sites is 1. The molecule has 0 amide bonds. The van der Waals surface area contributed by atoms with Gasteiger partial charge >= 0.3 is 11.6 Å². The third kappa shape index (κ3) is 3.58. The van der Waals surface area contributed by atoms with E-state index in [2.05, 4.69) is 0 Å². The van der Waals surface area contributed by atoms with Gasteiger partial charge in [0.1, 0.15) is 5.58 Å². The predicted molar refractivity (Wildman–Crippen MR) is 69.2 cm³/mol. The maximum atomic E-state index is 11.6. The Hall–Kier alpha value is -2.30. The van der Waals surface area contributed by atoms with Crippen LogP contribution < -0.4 is 10.4 Å². The Morgan fingerprint density at radius 3 is 2.84 bits per heavy atom. The maximum Gasteiger partial charge on any atom is 0.379 e. The fourth-order valence-corrected chi connectivity index (χ4v) is 1.60. The van der Waals surface area contributed by atoms with E-state index in [4.69, 9.17) is 13.9 Å². The highest BCUT2D eigenvalue weighted by Crippen LogP contribution is 2.16. The minimum absolute atomic E-state index is 0.168. The molecule has 0 aliphatic carbocycles. The molecule has 0 saturated carbocycles. The molecule has 0 unspecified atom stereocenters. The third-order valence-electron chi connectivity index (χ3n) is 2.46. The van der Waals surface area contributed by atoms with E-state index in [1.165, 1.54) is 6.92 Å². The van der Waals surface area contributed by atoms with Gasteiger partial charge in [0, 0.05) is 18.7 Å². The van der Waals surface area contributed by atoms with Crippen LogP contribution in [-0.2, 0) is 9.53 Å². The summed E-state index contributed by atoms with van der Waals surface area (Å²) in [7, 11) is 0. The van der Waals surface area contributed by atoms with Crippen molar-refractivity contribution in [2.24, 2.45) is 0 Å². The molecule has 19 heavy (non-hydrogen) atoms. The van der Waals surface area contributed by atoms with Gasteiger partial charge in [0.15, 0.2) is 0 Å². The molecule has 0 fully saturated rings. The molecule has 0 atom stereocenters. The molecule has 0 aliphatic rings. The topological polar surface area (TPSA) is 65.7 Å². The van der Waals surface area contributed by atoms with Crippen molar-refractivity contribution in [1.29, 1.82) is 0 Å². The Morgan fingerprint density at radius 1 is 1.26 bits per heavy atom. The third-order valence-corrected chi connectivity index (χ3v) is 2.46. The second-order valence-corrected chi connectivity index (χ2v) is 3.98. The average molecular weight is 262 g/mol. The lowest BCUT2D eigenvalue weighted by atomic mass is 10.2. The van der Waals surface area contributed by atoms with Crippen molar-refractivity contribution in [3.8, 4) is 5.75 Å². The Bertz CT molecular complexity index is 629. The lowest BCUT2D eigenvalue weighted by Crippen LogP contribution is -2.10. The molecule has 100 valence electrons. The van der Waals surface area contributed by atoms with Crippen LogP contribution in [0, 0.1) is 0 Å². The molecule has 1 aromatic heterocycles. The Kier molecular flexibility index (Phi) is 4.18. The van der Waals surface area contributed by atoms with Gasteiger partial charge in [0.05, 0.1) is 13.2 Å². The SMILES string of the molecule is CC(=O)OCCCOc1cc2ccccc2oc1=O. The number of hydrogen-bond donors (Lipinski definition) is 0. The van der Waals surface area contributed by atoms with Crippen LogP contribution in [0.25, 0.3) is 11.0 Å². The number of rotatable bonds is 5. The molecule has 2 aromatic rings. The number of benzene rings is 1. The van der Waals surface area contributed by atoms with Crippen LogP contribution in [0.3, 0.4) is 0 Å². The van der Waals surface area contributed by atoms with Gasteiger partial charge in [0.25, 0.3) is 0 Å². The first-order valence-corrected chi connectivity index (χ1v) is 5.96. The van der Waals surface area contributed by atoms with Crippen LogP contribution in [0.1, 0.15) is 13.3 Å². The number of ether oxygens (including phenoxy) is 2. The fourth-order valence-electron chi connectivity index (χ4n) is 1.60. The maximum absolute atomic E-state index is 11.6. The number of hydrogen-bond acceptors (Lipinski definition) is 5. The molecular formula is C14H14O5. The molecular weight excluding hydrogens is 248 g/mol. The zero-order valence-corrected chi connectivity index (χ0v) is 10.5. The van der Waals surface area contributed by atoms with Gasteiger partial charge in [-0.2, -0.15) is 0 Å². The second kappa shape index (κ2) is 6.04. The van der Waals surface area contributed by atoms with Crippen molar-refractivity contribution < 1.29 is 18.7 Å². The number of esters is 1. The number of carbonyl (C=O) groups is 1. The van der Waals surface area contributed by atoms with E-state index in [1.807, 2.05) is 12.1 Å². The van der Waals surface area contributed by atoms with Crippen LogP contribution in [-0.4, -0.2) is 19.2 Å². The Balaban J connectivity index is 1.98. The van der Waals surface area contributed by atoms with Crippen LogP contribution in [0.4, 0.5) is 0 Å². The Labute approximate surface area is 109 Å². The zero-order valence-electron chi connectivity index (χ0n) is 10.5. The second-order valence-electron chi connectivity index (χ2n) is 3.98. The monoisotopic (exact) mass is 262 g/mol. The van der Waals surface area contributed by atoms with Crippen LogP contribution in [0.15, 0.2) is 39.5 Å². The minimum Gasteiger partial charge on any atom is -0.486 e. The van der Waals surface area contributed by atoms with Crippen molar-refractivity contribution in [1.82, 2.24) is 0 Å². The molecule has 0 aliphatic heterocycles. The van der Waals surface area contributed by atoms with Gasteiger partial charge in [-0.1, -0.05) is 18.2 Å². The molecule has 0 saturated heterocycles. The smallest absolute Gasteiger partial charge is 0.379 e. The van der Waals surface area contributed by atoms with E-state index < -0.39 is 5.63 Å². The minimum atomic E-state index is -0.508. The summed E-state index contributed by atoms with van der Waals surface area (Å²) >= 11 is 0. The summed E-state index contributed by atoms with van der Waals surface area (Å²) in [6.45, 7) is 1.91. The standard InChI is InChI=1S/C14H14O5/c1-10(15)17-7-4-8-18-13-9-11-5-2-3-6-12(11)19-14(13)16/h2-3,5-6,9H,4,7-8H2,1H3. The van der Waals surface area contributed by atoms with Gasteiger partial charge in [-0.3, -0.25) is 4.79 Å². The summed E-state index contributed by atoms with van der Waals surface area (Å²) in [4.78, 5) is 22.2. The first kappa shape index (κ1) is 13.1. The van der Waals surface area contributed by atoms with E-state index in [0.29, 0.717) is 12.0 Å². The van der Waals surface area contributed by atoms with E-state index in [1.54, 1.807) is 18.2 Å². The highest BCUT2D eigenvalue weighted by atomic mass is 16.5. The van der Waals surface area contributed by atoms with Gasteiger partial charge in [-0.15, -0.1) is 0 Å². The highest BCUT2D eigenvalue weighted by Gasteiger charge is 2.05. The average Bonchev–Trinajstić information content (AvgIpc) is 2.38. The number of carbonyl (C=O) groups excluding carboxylic acids is 1. The van der Waals surface area contributed by atoms with Crippen molar-refractivity contribution in [2.45, 2.75) is 13.3 Å². The van der Waals surface area contributed by atoms with Crippen molar-refractivity contribution in [3.63, 3.8) is 0 Å². The molecule has 0 spiro atoms. The van der Waals surface area contributed by atoms with E-state index in [9.17, 15) is 9.59 Å². The summed E-state index contributed by atoms with van der Waals surface area (Å²) in [6, 6.07) is 8.86. The fraction of sp³-hybridized carbons (Fsp3) is 0.286. The summed E-state index contributed by atoms with van der Waals surface area (Å²) in [5.41, 5.74) is 0.0194. The quantitative estimate of drug-likeness (QED) is 0.469. The van der Waals surface area contributed by atoms with Crippen molar-refractivity contribution in [3.05, 3.63) is 40.8 Å². The first-order chi connectivity index (χ1) is 9.16. The largest absolute Gasteiger partial charge is 0.486 e.